The third-order valence-electron chi connectivity index (χ3n) is 1.16. The predicted octanol–water partition coefficient (Wildman–Crippen LogP) is 0.188. The molecule has 0 aliphatic rings. The Labute approximate surface area is 64.7 Å². The molecule has 0 atom stereocenters. The highest BCUT2D eigenvalue weighted by Gasteiger charge is 2.03. The van der Waals surface area contributed by atoms with Gasteiger partial charge in [0, 0.05) is 0 Å². The molecule has 1 aromatic rings. The van der Waals surface area contributed by atoms with Crippen LogP contribution >= 0.6 is 0 Å². The maximum atomic E-state index is 4.71. The van der Waals surface area contributed by atoms with Gasteiger partial charge in [-0.25, -0.2) is 0 Å². The molecule has 5 nitrogen and oxygen atoms in total. The molecule has 0 unspecified atom stereocenters. The van der Waals surface area contributed by atoms with Crippen LogP contribution in [0.5, 0.6) is 6.08 Å². The average molecular weight is 157 g/mol. The molecule has 62 valence electrons. The van der Waals surface area contributed by atoms with Crippen molar-refractivity contribution in [3.8, 4) is 6.08 Å². The Balaban J connectivity index is 2.44. The lowest BCUT2D eigenvalue weighted by molar-refractivity contribution is 0.249. The monoisotopic (exact) mass is 157 g/mol. The highest BCUT2D eigenvalue weighted by Crippen LogP contribution is 2.03. The summed E-state index contributed by atoms with van der Waals surface area (Å²) in [6, 6.07) is 0. The molecule has 0 aliphatic carbocycles. The summed E-state index contributed by atoms with van der Waals surface area (Å²) in [6.07, 6.45) is 0.206. The van der Waals surface area contributed by atoms with Gasteiger partial charge in [-0.05, 0) is 6.54 Å². The minimum Gasteiger partial charge on any atom is -0.452 e. The van der Waals surface area contributed by atoms with E-state index in [0.717, 1.165) is 6.54 Å². The zero-order valence-corrected chi connectivity index (χ0v) is 6.63. The minimum absolute atomic E-state index is 0.206. The van der Waals surface area contributed by atoms with Crippen molar-refractivity contribution >= 4 is 0 Å². The number of aromatic nitrogens is 2. The summed E-state index contributed by atoms with van der Waals surface area (Å²) >= 11 is 0. The number of nitrogens with one attached hydrogen (secondary N) is 1. The van der Waals surface area contributed by atoms with Crippen molar-refractivity contribution in [2.45, 2.75) is 13.5 Å². The van der Waals surface area contributed by atoms with E-state index in [4.69, 9.17) is 4.74 Å². The third-order valence-corrected chi connectivity index (χ3v) is 1.16. The maximum absolute atomic E-state index is 4.71. The van der Waals surface area contributed by atoms with Gasteiger partial charge >= 0.3 is 6.08 Å². The molecule has 0 radical (unpaired) electrons. The fourth-order valence-corrected chi connectivity index (χ4v) is 0.629. The molecular weight excluding hydrogens is 146 g/mol. The van der Waals surface area contributed by atoms with Crippen LogP contribution in [0.2, 0.25) is 0 Å². The summed E-state index contributed by atoms with van der Waals surface area (Å²) in [6.45, 7) is 3.51. The van der Waals surface area contributed by atoms with Gasteiger partial charge in [0.1, 0.15) is 0 Å². The summed E-state index contributed by atoms with van der Waals surface area (Å²) < 4.78 is 9.39. The van der Waals surface area contributed by atoms with Crippen molar-refractivity contribution < 1.29 is 9.26 Å². The highest BCUT2D eigenvalue weighted by atomic mass is 16.6. The number of hydrogen-bond acceptors (Lipinski definition) is 5. The standard InChI is InChI=1S/C6H11N3O2/c1-3-7-4-5-8-6(10-2)11-9-5/h7H,3-4H2,1-2H3. The van der Waals surface area contributed by atoms with E-state index in [1.54, 1.807) is 0 Å². The van der Waals surface area contributed by atoms with Gasteiger partial charge in [0.15, 0.2) is 5.82 Å². The number of methoxy groups -OCH3 is 1. The molecule has 0 amide bonds. The number of hydrogen-bond donors (Lipinski definition) is 1. The molecule has 0 saturated carbocycles. The largest absolute Gasteiger partial charge is 0.452 e. The van der Waals surface area contributed by atoms with Crippen molar-refractivity contribution in [2.24, 2.45) is 0 Å². The van der Waals surface area contributed by atoms with Crippen LogP contribution in [0.4, 0.5) is 0 Å². The van der Waals surface area contributed by atoms with Crippen LogP contribution < -0.4 is 10.1 Å². The fourth-order valence-electron chi connectivity index (χ4n) is 0.629. The van der Waals surface area contributed by atoms with Gasteiger partial charge in [-0.2, -0.15) is 4.98 Å². The smallest absolute Gasteiger partial charge is 0.417 e. The van der Waals surface area contributed by atoms with E-state index in [-0.39, 0.29) is 6.08 Å². The predicted molar refractivity (Wildman–Crippen MR) is 38.2 cm³/mol. The van der Waals surface area contributed by atoms with Crippen LogP contribution in [0, 0.1) is 0 Å². The van der Waals surface area contributed by atoms with Crippen molar-refractivity contribution in [1.29, 1.82) is 0 Å². The number of ether oxygens (including phenoxy) is 1. The summed E-state index contributed by atoms with van der Waals surface area (Å²) in [7, 11) is 1.49. The topological polar surface area (TPSA) is 60.2 Å². The molecule has 0 spiro atoms. The molecule has 0 bridgehead atoms. The van der Waals surface area contributed by atoms with Gasteiger partial charge in [0.25, 0.3) is 0 Å². The zero-order chi connectivity index (χ0) is 8.10. The molecule has 1 N–H and O–H groups in total. The van der Waals surface area contributed by atoms with E-state index in [1.165, 1.54) is 7.11 Å². The van der Waals surface area contributed by atoms with Gasteiger partial charge in [0.05, 0.1) is 13.7 Å². The van der Waals surface area contributed by atoms with Gasteiger partial charge in [-0.15, -0.1) is 0 Å². The Morgan fingerprint density at radius 2 is 2.45 bits per heavy atom. The van der Waals surface area contributed by atoms with Crippen LogP contribution in [-0.4, -0.2) is 23.8 Å². The van der Waals surface area contributed by atoms with Crippen LogP contribution in [-0.2, 0) is 6.54 Å². The van der Waals surface area contributed by atoms with Crippen LogP contribution in [0.25, 0.3) is 0 Å². The minimum atomic E-state index is 0.206. The quantitative estimate of drug-likeness (QED) is 0.676. The second-order valence-corrected chi connectivity index (χ2v) is 1.96. The van der Waals surface area contributed by atoms with E-state index < -0.39 is 0 Å². The van der Waals surface area contributed by atoms with Crippen LogP contribution in [0.1, 0.15) is 12.7 Å². The molecule has 1 aromatic heterocycles. The lowest BCUT2D eigenvalue weighted by Crippen LogP contribution is -2.12. The van der Waals surface area contributed by atoms with Gasteiger partial charge in [-0.3, -0.25) is 4.52 Å². The zero-order valence-electron chi connectivity index (χ0n) is 6.63. The molecule has 1 heterocycles. The normalized spacial score (nSPS) is 10.0. The second-order valence-electron chi connectivity index (χ2n) is 1.96. The third kappa shape index (κ3) is 2.19. The van der Waals surface area contributed by atoms with E-state index in [2.05, 4.69) is 20.0 Å². The summed E-state index contributed by atoms with van der Waals surface area (Å²) in [4.78, 5) is 3.90. The van der Waals surface area contributed by atoms with Crippen molar-refractivity contribution in [2.75, 3.05) is 13.7 Å². The molecule has 0 saturated heterocycles. The Morgan fingerprint density at radius 1 is 1.64 bits per heavy atom. The van der Waals surface area contributed by atoms with Crippen LogP contribution in [0.15, 0.2) is 4.52 Å². The molecule has 0 fully saturated rings. The van der Waals surface area contributed by atoms with Gasteiger partial charge in [-0.1, -0.05) is 12.1 Å². The van der Waals surface area contributed by atoms with Crippen molar-refractivity contribution in [1.82, 2.24) is 15.5 Å². The lowest BCUT2D eigenvalue weighted by atomic mass is 10.6. The Kier molecular flexibility index (Phi) is 2.85. The SMILES string of the molecule is CCNCc1noc(OC)n1. The maximum Gasteiger partial charge on any atom is 0.417 e. The highest BCUT2D eigenvalue weighted by molar-refractivity contribution is 4.88. The van der Waals surface area contributed by atoms with E-state index in [0.29, 0.717) is 12.4 Å². The second kappa shape index (κ2) is 3.92. The number of rotatable bonds is 4. The van der Waals surface area contributed by atoms with E-state index >= 15 is 0 Å². The molecule has 0 aromatic carbocycles. The first-order valence-electron chi connectivity index (χ1n) is 3.44. The molecule has 0 aliphatic heterocycles. The summed E-state index contributed by atoms with van der Waals surface area (Å²) in [5.74, 6) is 0.615. The Bertz CT molecular complexity index is 211. The molecule has 11 heavy (non-hydrogen) atoms. The first kappa shape index (κ1) is 8.00. The molecule has 5 heteroatoms. The Hall–Kier alpha value is -1.10. The first-order chi connectivity index (χ1) is 5.36. The average Bonchev–Trinajstić information content (AvgIpc) is 2.48. The van der Waals surface area contributed by atoms with Gasteiger partial charge in [0.2, 0.25) is 0 Å². The summed E-state index contributed by atoms with van der Waals surface area (Å²) in [5, 5.41) is 6.71. The summed E-state index contributed by atoms with van der Waals surface area (Å²) in [5.41, 5.74) is 0. The molecular formula is C6H11N3O2. The fraction of sp³-hybridized carbons (Fsp3) is 0.667. The van der Waals surface area contributed by atoms with Crippen LogP contribution in [0.3, 0.4) is 0 Å². The van der Waals surface area contributed by atoms with E-state index in [9.17, 15) is 0 Å². The molecule has 1 rings (SSSR count). The van der Waals surface area contributed by atoms with Crippen molar-refractivity contribution in [3.05, 3.63) is 5.82 Å². The first-order valence-corrected chi connectivity index (χ1v) is 3.44. The number of nitrogens with zero attached hydrogens (tertiary/aromatic N) is 2. The van der Waals surface area contributed by atoms with Gasteiger partial charge < -0.3 is 10.1 Å². The van der Waals surface area contributed by atoms with Crippen molar-refractivity contribution in [3.63, 3.8) is 0 Å². The lowest BCUT2D eigenvalue weighted by Gasteiger charge is -1.91. The van der Waals surface area contributed by atoms with E-state index in [1.807, 2.05) is 6.92 Å². The Morgan fingerprint density at radius 3 is 3.00 bits per heavy atom.